The van der Waals surface area contributed by atoms with Crippen molar-refractivity contribution in [2.75, 3.05) is 13.1 Å². The maximum absolute atomic E-state index is 10.8. The van der Waals surface area contributed by atoms with Gasteiger partial charge in [0.2, 0.25) is 0 Å². The summed E-state index contributed by atoms with van der Waals surface area (Å²) in [4.78, 5) is 21.4. The minimum Gasteiger partial charge on any atom is -0.481 e. The van der Waals surface area contributed by atoms with Crippen molar-refractivity contribution >= 4 is 11.9 Å². The van der Waals surface area contributed by atoms with Crippen LogP contribution in [-0.4, -0.2) is 35.2 Å². The molecule has 1 aromatic rings. The molecule has 3 N–H and O–H groups in total. The first-order valence-electron chi connectivity index (χ1n) is 6.20. The van der Waals surface area contributed by atoms with E-state index in [1.165, 1.54) is 11.1 Å². The molecule has 0 aliphatic heterocycles. The van der Waals surface area contributed by atoms with E-state index in [-0.39, 0.29) is 13.0 Å². The molecule has 0 aliphatic rings. The van der Waals surface area contributed by atoms with Crippen molar-refractivity contribution in [2.24, 2.45) is 5.92 Å². The van der Waals surface area contributed by atoms with E-state index in [1.54, 1.807) is 0 Å². The molecule has 1 aromatic carbocycles. The van der Waals surface area contributed by atoms with Crippen LogP contribution in [0.4, 0.5) is 0 Å². The lowest BCUT2D eigenvalue weighted by Gasteiger charge is -2.11. The Balaban J connectivity index is 2.32. The van der Waals surface area contributed by atoms with Crippen LogP contribution in [0.1, 0.15) is 17.5 Å². The Labute approximate surface area is 112 Å². The van der Waals surface area contributed by atoms with Crippen LogP contribution in [0.5, 0.6) is 0 Å². The van der Waals surface area contributed by atoms with E-state index < -0.39 is 17.9 Å². The molecule has 0 saturated heterocycles. The minimum atomic E-state index is -1.09. The molecule has 0 radical (unpaired) electrons. The summed E-state index contributed by atoms with van der Waals surface area (Å²) in [5.74, 6) is -3.05. The quantitative estimate of drug-likeness (QED) is 0.617. The van der Waals surface area contributed by atoms with Crippen LogP contribution in [0.3, 0.4) is 0 Å². The predicted octanol–water partition coefficient (Wildman–Crippen LogP) is 1.30. The fourth-order valence-corrected chi connectivity index (χ4v) is 1.83. The second-order valence-electron chi connectivity index (χ2n) is 4.58. The molecule has 0 fully saturated rings. The van der Waals surface area contributed by atoms with Crippen LogP contribution < -0.4 is 5.32 Å². The van der Waals surface area contributed by atoms with Crippen molar-refractivity contribution in [3.8, 4) is 0 Å². The van der Waals surface area contributed by atoms with Gasteiger partial charge in [-0.3, -0.25) is 9.59 Å². The Hall–Kier alpha value is -1.88. The predicted molar refractivity (Wildman–Crippen MR) is 71.1 cm³/mol. The van der Waals surface area contributed by atoms with Crippen LogP contribution >= 0.6 is 0 Å². The third-order valence-corrected chi connectivity index (χ3v) is 2.83. The Morgan fingerprint density at radius 2 is 2.05 bits per heavy atom. The van der Waals surface area contributed by atoms with E-state index in [0.717, 1.165) is 6.42 Å². The Morgan fingerprint density at radius 3 is 2.63 bits per heavy atom. The Kier molecular flexibility index (Phi) is 6.02. The first-order chi connectivity index (χ1) is 8.99. The first-order valence-corrected chi connectivity index (χ1v) is 6.20. The van der Waals surface area contributed by atoms with Gasteiger partial charge in [-0.25, -0.2) is 0 Å². The molecule has 0 heterocycles. The summed E-state index contributed by atoms with van der Waals surface area (Å²) in [6.07, 6.45) is 0.438. The van der Waals surface area contributed by atoms with Gasteiger partial charge in [0.15, 0.2) is 0 Å². The summed E-state index contributed by atoms with van der Waals surface area (Å²) in [6, 6.07) is 8.09. The molecule has 5 nitrogen and oxygen atoms in total. The zero-order valence-electron chi connectivity index (χ0n) is 10.9. The van der Waals surface area contributed by atoms with E-state index >= 15 is 0 Å². The van der Waals surface area contributed by atoms with Gasteiger partial charge in [0, 0.05) is 6.54 Å². The van der Waals surface area contributed by atoms with Gasteiger partial charge in [-0.1, -0.05) is 29.8 Å². The molecule has 19 heavy (non-hydrogen) atoms. The van der Waals surface area contributed by atoms with E-state index in [2.05, 4.69) is 11.4 Å². The average molecular weight is 265 g/mol. The summed E-state index contributed by atoms with van der Waals surface area (Å²) in [6.45, 7) is 2.82. The molecule has 0 aliphatic carbocycles. The fourth-order valence-electron chi connectivity index (χ4n) is 1.83. The maximum Gasteiger partial charge on any atom is 0.308 e. The smallest absolute Gasteiger partial charge is 0.308 e. The lowest BCUT2D eigenvalue weighted by atomic mass is 10.1. The van der Waals surface area contributed by atoms with E-state index in [1.807, 2.05) is 25.1 Å². The van der Waals surface area contributed by atoms with Crippen LogP contribution in [-0.2, 0) is 16.0 Å². The Bertz CT molecular complexity index is 445. The molecule has 1 rings (SSSR count). The van der Waals surface area contributed by atoms with Crippen molar-refractivity contribution in [3.63, 3.8) is 0 Å². The van der Waals surface area contributed by atoms with E-state index in [9.17, 15) is 9.59 Å². The third-order valence-electron chi connectivity index (χ3n) is 2.83. The van der Waals surface area contributed by atoms with Crippen LogP contribution in [0.25, 0.3) is 0 Å². The summed E-state index contributed by atoms with van der Waals surface area (Å²) < 4.78 is 0. The van der Waals surface area contributed by atoms with Crippen molar-refractivity contribution < 1.29 is 19.8 Å². The van der Waals surface area contributed by atoms with Crippen LogP contribution in [0, 0.1) is 12.8 Å². The number of carboxylic acids is 2. The van der Waals surface area contributed by atoms with Gasteiger partial charge in [-0.2, -0.15) is 0 Å². The number of nitrogens with one attached hydrogen (secondary N) is 1. The van der Waals surface area contributed by atoms with Gasteiger partial charge >= 0.3 is 11.9 Å². The van der Waals surface area contributed by atoms with Crippen molar-refractivity contribution in [1.82, 2.24) is 5.32 Å². The number of carbonyl (C=O) groups is 2. The van der Waals surface area contributed by atoms with Gasteiger partial charge in [0.05, 0.1) is 12.3 Å². The second-order valence-corrected chi connectivity index (χ2v) is 4.58. The third kappa shape index (κ3) is 6.01. The van der Waals surface area contributed by atoms with Crippen LogP contribution in [0.2, 0.25) is 0 Å². The normalized spacial score (nSPS) is 12.1. The van der Waals surface area contributed by atoms with Gasteiger partial charge in [-0.05, 0) is 25.5 Å². The number of rotatable bonds is 8. The molecule has 0 spiro atoms. The van der Waals surface area contributed by atoms with Crippen molar-refractivity contribution in [1.29, 1.82) is 0 Å². The standard InChI is InChI=1S/C14H19NO4/c1-10-3-2-4-11(7-10)5-6-15-9-12(14(18)19)8-13(16)17/h2-4,7,12,15H,5-6,8-9H2,1H3,(H,16,17)(H,18,19). The fraction of sp³-hybridized carbons (Fsp3) is 0.429. The highest BCUT2D eigenvalue weighted by Crippen LogP contribution is 2.05. The largest absolute Gasteiger partial charge is 0.481 e. The molecule has 1 atom stereocenters. The lowest BCUT2D eigenvalue weighted by molar-refractivity contribution is -0.148. The number of hydrogen-bond acceptors (Lipinski definition) is 3. The summed E-state index contributed by atoms with van der Waals surface area (Å²) in [5.41, 5.74) is 2.37. The average Bonchev–Trinajstić information content (AvgIpc) is 2.32. The molecular weight excluding hydrogens is 246 g/mol. The monoisotopic (exact) mass is 265 g/mol. The summed E-state index contributed by atoms with van der Waals surface area (Å²) >= 11 is 0. The SMILES string of the molecule is Cc1cccc(CCNCC(CC(=O)O)C(=O)O)c1. The van der Waals surface area contributed by atoms with Crippen molar-refractivity contribution in [3.05, 3.63) is 35.4 Å². The topological polar surface area (TPSA) is 86.6 Å². The number of hydrogen-bond donors (Lipinski definition) is 3. The zero-order valence-corrected chi connectivity index (χ0v) is 10.9. The molecule has 5 heteroatoms. The van der Waals surface area contributed by atoms with Gasteiger partial charge < -0.3 is 15.5 Å². The molecule has 0 aromatic heterocycles. The summed E-state index contributed by atoms with van der Waals surface area (Å²) in [7, 11) is 0. The lowest BCUT2D eigenvalue weighted by Crippen LogP contribution is -2.31. The van der Waals surface area contributed by atoms with E-state index in [4.69, 9.17) is 10.2 Å². The highest BCUT2D eigenvalue weighted by molar-refractivity contribution is 5.77. The minimum absolute atomic E-state index is 0.174. The molecule has 1 unspecified atom stereocenters. The number of carboxylic acid groups (broad SMARTS) is 2. The van der Waals surface area contributed by atoms with E-state index in [0.29, 0.717) is 6.54 Å². The maximum atomic E-state index is 10.8. The highest BCUT2D eigenvalue weighted by atomic mass is 16.4. The highest BCUT2D eigenvalue weighted by Gasteiger charge is 2.20. The number of benzene rings is 1. The van der Waals surface area contributed by atoms with Gasteiger partial charge in [-0.15, -0.1) is 0 Å². The number of aliphatic carboxylic acids is 2. The first kappa shape index (κ1) is 15.2. The second kappa shape index (κ2) is 7.53. The molecule has 0 amide bonds. The molecule has 0 bridgehead atoms. The summed E-state index contributed by atoms with van der Waals surface area (Å²) in [5, 5.41) is 20.5. The van der Waals surface area contributed by atoms with Crippen molar-refractivity contribution in [2.45, 2.75) is 19.8 Å². The van der Waals surface area contributed by atoms with Gasteiger partial charge in [0.25, 0.3) is 0 Å². The molecule has 104 valence electrons. The molecule has 0 saturated carbocycles. The molecular formula is C14H19NO4. The number of aryl methyl sites for hydroxylation is 1. The zero-order chi connectivity index (χ0) is 14.3. The van der Waals surface area contributed by atoms with Gasteiger partial charge in [0.1, 0.15) is 0 Å². The van der Waals surface area contributed by atoms with Crippen LogP contribution in [0.15, 0.2) is 24.3 Å². The Morgan fingerprint density at radius 1 is 1.32 bits per heavy atom.